The molecule has 2 aromatic rings. The normalized spacial score (nSPS) is 17.3. The molecule has 0 radical (unpaired) electrons. The third kappa shape index (κ3) is 2.34. The summed E-state index contributed by atoms with van der Waals surface area (Å²) in [5.74, 6) is -0.00124. The van der Waals surface area contributed by atoms with E-state index in [2.05, 4.69) is 25.8 Å². The Bertz CT molecular complexity index is 598. The van der Waals surface area contributed by atoms with E-state index in [4.69, 9.17) is 0 Å². The van der Waals surface area contributed by atoms with Gasteiger partial charge >= 0.3 is 0 Å². The quantitative estimate of drug-likeness (QED) is 0.788. The molecule has 1 aromatic carbocycles. The van der Waals surface area contributed by atoms with Crippen LogP contribution in [0.25, 0.3) is 0 Å². The molecule has 7 heteroatoms. The second-order valence-corrected chi connectivity index (χ2v) is 5.18. The molecule has 3 N–H and O–H groups in total. The second kappa shape index (κ2) is 5.02. The molecule has 0 saturated carbocycles. The Morgan fingerprint density at radius 2 is 2.37 bits per heavy atom. The minimum Gasteiger partial charge on any atom is -0.324 e. The van der Waals surface area contributed by atoms with Gasteiger partial charge in [-0.25, -0.2) is 4.98 Å². The summed E-state index contributed by atoms with van der Waals surface area (Å²) in [5.41, 5.74) is 1.86. The number of carbonyl (C=O) groups is 1. The van der Waals surface area contributed by atoms with Crippen molar-refractivity contribution in [1.82, 2.24) is 20.5 Å². The van der Waals surface area contributed by atoms with Gasteiger partial charge in [-0.05, 0) is 18.7 Å². The van der Waals surface area contributed by atoms with E-state index in [0.29, 0.717) is 0 Å². The van der Waals surface area contributed by atoms with Crippen molar-refractivity contribution in [3.05, 3.63) is 30.1 Å². The molecule has 0 saturated heterocycles. The van der Waals surface area contributed by atoms with Gasteiger partial charge in [0.2, 0.25) is 5.91 Å². The number of benzene rings is 1. The van der Waals surface area contributed by atoms with Crippen LogP contribution in [0.15, 0.2) is 34.6 Å². The Hall–Kier alpha value is -1.86. The van der Waals surface area contributed by atoms with Crippen molar-refractivity contribution in [2.75, 3.05) is 11.9 Å². The molecule has 1 amide bonds. The number of nitrogens with zero attached hydrogens (tertiary/aromatic N) is 2. The minimum atomic E-state index is -0.246. The van der Waals surface area contributed by atoms with Gasteiger partial charge in [-0.1, -0.05) is 24.8 Å². The van der Waals surface area contributed by atoms with E-state index in [-0.39, 0.29) is 11.9 Å². The average Bonchev–Trinajstić information content (AvgIpc) is 2.99. The molecule has 1 aliphatic heterocycles. The fourth-order valence-corrected chi connectivity index (χ4v) is 2.80. The van der Waals surface area contributed by atoms with E-state index >= 15 is 0 Å². The van der Waals surface area contributed by atoms with Crippen molar-refractivity contribution >= 4 is 23.4 Å². The molecule has 0 fully saturated rings. The number of rotatable bonds is 4. The molecule has 1 atom stereocenters. The van der Waals surface area contributed by atoms with Crippen LogP contribution in [0.2, 0.25) is 0 Å². The lowest BCUT2D eigenvalue weighted by molar-refractivity contribution is -0.117. The number of H-pyrrole nitrogens is 1. The van der Waals surface area contributed by atoms with Crippen LogP contribution in [0.3, 0.4) is 0 Å². The zero-order chi connectivity index (χ0) is 13.2. The van der Waals surface area contributed by atoms with Gasteiger partial charge in [0.1, 0.15) is 12.4 Å². The van der Waals surface area contributed by atoms with E-state index < -0.39 is 0 Å². The van der Waals surface area contributed by atoms with E-state index in [9.17, 15) is 4.79 Å². The van der Waals surface area contributed by atoms with Crippen LogP contribution in [0.4, 0.5) is 5.69 Å². The van der Waals surface area contributed by atoms with E-state index in [1.807, 2.05) is 25.1 Å². The van der Waals surface area contributed by atoms with Crippen LogP contribution >= 0.6 is 11.8 Å². The Kier molecular flexibility index (Phi) is 3.22. The SMILES string of the molecule is CCNC1C(=O)Nc2cc(Sc3ncn[nH]3)ccc21. The van der Waals surface area contributed by atoms with Gasteiger partial charge in [-0.15, -0.1) is 0 Å². The zero-order valence-corrected chi connectivity index (χ0v) is 11.1. The average molecular weight is 275 g/mol. The Labute approximate surface area is 114 Å². The minimum absolute atomic E-state index is 0.00124. The van der Waals surface area contributed by atoms with E-state index in [1.54, 1.807) is 0 Å². The molecule has 3 rings (SSSR count). The number of nitrogens with one attached hydrogen (secondary N) is 3. The summed E-state index contributed by atoms with van der Waals surface area (Å²) in [6, 6.07) is 5.66. The van der Waals surface area contributed by atoms with Gasteiger partial charge in [0.15, 0.2) is 5.16 Å². The summed E-state index contributed by atoms with van der Waals surface area (Å²) in [4.78, 5) is 16.9. The highest BCUT2D eigenvalue weighted by atomic mass is 32.2. The molecule has 98 valence electrons. The summed E-state index contributed by atoms with van der Waals surface area (Å²) < 4.78 is 0. The van der Waals surface area contributed by atoms with Crippen LogP contribution in [0, 0.1) is 0 Å². The maximum absolute atomic E-state index is 11.8. The fraction of sp³-hybridized carbons (Fsp3) is 0.250. The van der Waals surface area contributed by atoms with Crippen LogP contribution in [0.5, 0.6) is 0 Å². The second-order valence-electron chi connectivity index (χ2n) is 4.12. The summed E-state index contributed by atoms with van der Waals surface area (Å²) >= 11 is 1.48. The number of amides is 1. The van der Waals surface area contributed by atoms with Crippen LogP contribution in [-0.4, -0.2) is 27.6 Å². The lowest BCUT2D eigenvalue weighted by Crippen LogP contribution is -2.27. The summed E-state index contributed by atoms with van der Waals surface area (Å²) in [6.45, 7) is 2.74. The first-order valence-corrected chi connectivity index (χ1v) is 6.81. The standard InChI is InChI=1S/C12H13N5OS/c1-2-13-10-8-4-3-7(5-9(8)16-11(10)18)19-12-14-6-15-17-12/h3-6,10,13H,2H2,1H3,(H,16,18)(H,14,15,17). The highest BCUT2D eigenvalue weighted by Gasteiger charge is 2.29. The predicted octanol–water partition coefficient (Wildman–Crippen LogP) is 1.56. The summed E-state index contributed by atoms with van der Waals surface area (Å²) in [6.07, 6.45) is 1.47. The molecular weight excluding hydrogens is 262 g/mol. The molecule has 1 unspecified atom stereocenters. The Balaban J connectivity index is 1.85. The monoisotopic (exact) mass is 275 g/mol. The first-order valence-electron chi connectivity index (χ1n) is 5.99. The molecule has 1 aliphatic rings. The fourth-order valence-electron chi connectivity index (χ4n) is 2.07. The Morgan fingerprint density at radius 3 is 3.11 bits per heavy atom. The third-order valence-electron chi connectivity index (χ3n) is 2.87. The number of carbonyl (C=O) groups excluding carboxylic acids is 1. The lowest BCUT2D eigenvalue weighted by atomic mass is 10.1. The number of likely N-dealkylation sites (N-methyl/N-ethyl adjacent to an activating group) is 1. The number of aromatic amines is 1. The maximum atomic E-state index is 11.8. The van der Waals surface area contributed by atoms with Crippen LogP contribution < -0.4 is 10.6 Å². The zero-order valence-electron chi connectivity index (χ0n) is 10.3. The Morgan fingerprint density at radius 1 is 1.47 bits per heavy atom. The maximum Gasteiger partial charge on any atom is 0.246 e. The topological polar surface area (TPSA) is 82.7 Å². The summed E-state index contributed by atoms with van der Waals surface area (Å²) in [5, 5.41) is 13.4. The molecule has 19 heavy (non-hydrogen) atoms. The smallest absolute Gasteiger partial charge is 0.246 e. The number of hydrogen-bond donors (Lipinski definition) is 3. The van der Waals surface area contributed by atoms with Gasteiger partial charge in [0, 0.05) is 16.1 Å². The number of anilines is 1. The van der Waals surface area contributed by atoms with E-state index in [1.165, 1.54) is 18.1 Å². The van der Waals surface area contributed by atoms with Crippen LogP contribution in [-0.2, 0) is 4.79 Å². The first kappa shape index (κ1) is 12.2. The first-order chi connectivity index (χ1) is 9.28. The molecule has 0 bridgehead atoms. The van der Waals surface area contributed by atoms with Gasteiger partial charge in [-0.2, -0.15) is 5.10 Å². The van der Waals surface area contributed by atoms with Gasteiger partial charge in [0.05, 0.1) is 0 Å². The number of hydrogen-bond acceptors (Lipinski definition) is 5. The van der Waals surface area contributed by atoms with Crippen molar-refractivity contribution in [1.29, 1.82) is 0 Å². The molecule has 0 spiro atoms. The predicted molar refractivity (Wildman–Crippen MR) is 72.0 cm³/mol. The number of aromatic nitrogens is 3. The molecular formula is C12H13N5OS. The van der Waals surface area contributed by atoms with Gasteiger partial charge in [-0.3, -0.25) is 9.89 Å². The van der Waals surface area contributed by atoms with Crippen molar-refractivity contribution in [2.24, 2.45) is 0 Å². The molecule has 6 nitrogen and oxygen atoms in total. The van der Waals surface area contributed by atoms with Crippen molar-refractivity contribution in [2.45, 2.75) is 23.0 Å². The van der Waals surface area contributed by atoms with Crippen molar-refractivity contribution in [3.8, 4) is 0 Å². The van der Waals surface area contributed by atoms with Crippen molar-refractivity contribution < 1.29 is 4.79 Å². The lowest BCUT2D eigenvalue weighted by Gasteiger charge is -2.09. The third-order valence-corrected chi connectivity index (χ3v) is 3.75. The number of fused-ring (bicyclic) bond motifs is 1. The molecule has 0 aliphatic carbocycles. The van der Waals surface area contributed by atoms with Crippen molar-refractivity contribution in [3.63, 3.8) is 0 Å². The van der Waals surface area contributed by atoms with E-state index in [0.717, 1.165) is 27.8 Å². The molecule has 1 aromatic heterocycles. The highest BCUT2D eigenvalue weighted by Crippen LogP contribution is 2.35. The largest absolute Gasteiger partial charge is 0.324 e. The van der Waals surface area contributed by atoms with Crippen LogP contribution in [0.1, 0.15) is 18.5 Å². The molecule has 2 heterocycles. The van der Waals surface area contributed by atoms with Gasteiger partial charge in [0.25, 0.3) is 0 Å². The highest BCUT2D eigenvalue weighted by molar-refractivity contribution is 7.99. The van der Waals surface area contributed by atoms with Gasteiger partial charge < -0.3 is 10.6 Å². The summed E-state index contributed by atoms with van der Waals surface area (Å²) in [7, 11) is 0.